The van der Waals surface area contributed by atoms with Gasteiger partial charge in [0.15, 0.2) is 0 Å². The molecule has 1 fully saturated rings. The average Bonchev–Trinajstić information content (AvgIpc) is 3.16. The van der Waals surface area contributed by atoms with Gasteiger partial charge in [0.05, 0.1) is 10.7 Å². The summed E-state index contributed by atoms with van der Waals surface area (Å²) in [5, 5.41) is 12.3. The van der Waals surface area contributed by atoms with Gasteiger partial charge in [0.25, 0.3) is 0 Å². The van der Waals surface area contributed by atoms with Crippen LogP contribution >= 0.6 is 11.3 Å². The molecule has 0 saturated heterocycles. The maximum Gasteiger partial charge on any atom is 0.246 e. The zero-order valence-electron chi connectivity index (χ0n) is 16.5. The van der Waals surface area contributed by atoms with E-state index in [-0.39, 0.29) is 18.6 Å². The molecule has 5 nitrogen and oxygen atoms in total. The number of aromatic nitrogens is 1. The highest BCUT2D eigenvalue weighted by molar-refractivity contribution is 7.09. The maximum absolute atomic E-state index is 12.5. The Morgan fingerprint density at radius 3 is 2.61 bits per heavy atom. The Morgan fingerprint density at radius 1 is 1.29 bits per heavy atom. The zero-order chi connectivity index (χ0) is 19.9. The van der Waals surface area contributed by atoms with E-state index >= 15 is 0 Å². The molecule has 1 aliphatic carbocycles. The first-order chi connectivity index (χ1) is 13.5. The molecule has 0 radical (unpaired) electrons. The number of nitrogens with zero attached hydrogens (tertiary/aromatic N) is 2. The van der Waals surface area contributed by atoms with E-state index < -0.39 is 0 Å². The highest BCUT2D eigenvalue weighted by atomic mass is 32.1. The van der Waals surface area contributed by atoms with Crippen molar-refractivity contribution in [1.82, 2.24) is 9.88 Å². The molecule has 1 heterocycles. The SMILES string of the molecule is Cc1nc(COc2ccc(/C=C/C(=O)N(C)C3CCC(CO)CC3)cc2)cs1. The van der Waals surface area contributed by atoms with Crippen LogP contribution in [0.5, 0.6) is 5.75 Å². The van der Waals surface area contributed by atoms with E-state index in [0.717, 1.165) is 47.7 Å². The van der Waals surface area contributed by atoms with Crippen molar-refractivity contribution in [2.75, 3.05) is 13.7 Å². The lowest BCUT2D eigenvalue weighted by Crippen LogP contribution is -2.39. The summed E-state index contributed by atoms with van der Waals surface area (Å²) in [7, 11) is 1.87. The molecule has 0 bridgehead atoms. The summed E-state index contributed by atoms with van der Waals surface area (Å²) in [6.07, 6.45) is 7.38. The van der Waals surface area contributed by atoms with Crippen LogP contribution in [0.25, 0.3) is 6.08 Å². The van der Waals surface area contributed by atoms with Crippen LogP contribution in [0, 0.1) is 12.8 Å². The van der Waals surface area contributed by atoms with Gasteiger partial charge in [-0.15, -0.1) is 11.3 Å². The fraction of sp³-hybridized carbons (Fsp3) is 0.455. The number of carbonyl (C=O) groups is 1. The maximum atomic E-state index is 12.5. The second kappa shape index (κ2) is 9.85. The van der Waals surface area contributed by atoms with Gasteiger partial charge in [-0.2, -0.15) is 0 Å². The Bertz CT molecular complexity index is 792. The predicted molar refractivity (Wildman–Crippen MR) is 112 cm³/mol. The molecule has 0 aliphatic heterocycles. The third-order valence-corrected chi connectivity index (χ3v) is 6.14. The molecule has 1 aromatic carbocycles. The summed E-state index contributed by atoms with van der Waals surface area (Å²) in [5.74, 6) is 1.20. The number of rotatable bonds is 7. The lowest BCUT2D eigenvalue weighted by atomic mass is 9.86. The lowest BCUT2D eigenvalue weighted by molar-refractivity contribution is -0.127. The topological polar surface area (TPSA) is 62.7 Å². The van der Waals surface area contributed by atoms with Crippen molar-refractivity contribution in [2.45, 2.75) is 45.3 Å². The summed E-state index contributed by atoms with van der Waals surface area (Å²) in [4.78, 5) is 18.7. The van der Waals surface area contributed by atoms with Gasteiger partial charge >= 0.3 is 0 Å². The molecule has 0 atom stereocenters. The van der Waals surface area contributed by atoms with Gasteiger partial charge in [-0.25, -0.2) is 4.98 Å². The van der Waals surface area contributed by atoms with Crippen molar-refractivity contribution in [3.05, 3.63) is 52.0 Å². The van der Waals surface area contributed by atoms with E-state index in [9.17, 15) is 9.90 Å². The summed E-state index contributed by atoms with van der Waals surface area (Å²) >= 11 is 1.62. The van der Waals surface area contributed by atoms with Crippen molar-refractivity contribution < 1.29 is 14.6 Å². The molecule has 6 heteroatoms. The Morgan fingerprint density at radius 2 is 2.00 bits per heavy atom. The van der Waals surface area contributed by atoms with Crippen LogP contribution in [0.4, 0.5) is 0 Å². The number of aliphatic hydroxyl groups excluding tert-OH is 1. The van der Waals surface area contributed by atoms with E-state index in [4.69, 9.17) is 4.74 Å². The van der Waals surface area contributed by atoms with Crippen LogP contribution in [-0.2, 0) is 11.4 Å². The highest BCUT2D eigenvalue weighted by Gasteiger charge is 2.25. The van der Waals surface area contributed by atoms with Crippen molar-refractivity contribution in [3.63, 3.8) is 0 Å². The molecule has 28 heavy (non-hydrogen) atoms. The van der Waals surface area contributed by atoms with Gasteiger partial charge in [0.1, 0.15) is 12.4 Å². The van der Waals surface area contributed by atoms with Crippen LogP contribution in [0.3, 0.4) is 0 Å². The summed E-state index contributed by atoms with van der Waals surface area (Å²) in [6, 6.07) is 7.97. The Kier molecular flexibility index (Phi) is 7.23. The smallest absolute Gasteiger partial charge is 0.246 e. The molecule has 0 spiro atoms. The summed E-state index contributed by atoms with van der Waals surface area (Å²) < 4.78 is 5.75. The van der Waals surface area contributed by atoms with Crippen LogP contribution in [0.15, 0.2) is 35.7 Å². The molecule has 1 amide bonds. The van der Waals surface area contributed by atoms with Gasteiger partial charge in [0.2, 0.25) is 5.91 Å². The fourth-order valence-electron chi connectivity index (χ4n) is 3.49. The van der Waals surface area contributed by atoms with E-state index in [1.165, 1.54) is 0 Å². The van der Waals surface area contributed by atoms with E-state index in [0.29, 0.717) is 12.5 Å². The van der Waals surface area contributed by atoms with Gasteiger partial charge in [0, 0.05) is 31.2 Å². The van der Waals surface area contributed by atoms with Crippen molar-refractivity contribution in [2.24, 2.45) is 5.92 Å². The molecule has 1 saturated carbocycles. The second-order valence-electron chi connectivity index (χ2n) is 7.36. The van der Waals surface area contributed by atoms with Crippen LogP contribution in [0.1, 0.15) is 41.9 Å². The number of hydrogen-bond donors (Lipinski definition) is 1. The highest BCUT2D eigenvalue weighted by Crippen LogP contribution is 2.26. The quantitative estimate of drug-likeness (QED) is 0.712. The Balaban J connectivity index is 1.48. The Hall–Kier alpha value is -2.18. The molecule has 0 unspecified atom stereocenters. The van der Waals surface area contributed by atoms with Gasteiger partial charge in [-0.3, -0.25) is 4.79 Å². The first-order valence-corrected chi connectivity index (χ1v) is 10.6. The number of thiazole rings is 1. The number of hydrogen-bond acceptors (Lipinski definition) is 5. The van der Waals surface area contributed by atoms with Crippen molar-refractivity contribution in [3.8, 4) is 5.75 Å². The minimum absolute atomic E-state index is 0.0201. The molecular formula is C22H28N2O3S. The molecule has 2 aromatic rings. The normalized spacial score (nSPS) is 19.7. The lowest BCUT2D eigenvalue weighted by Gasteiger charge is -2.33. The number of likely N-dealkylation sites (N-methyl/N-ethyl adjacent to an activating group) is 1. The summed E-state index contributed by atoms with van der Waals surface area (Å²) in [5.41, 5.74) is 1.90. The molecule has 3 rings (SSSR count). The molecule has 1 N–H and O–H groups in total. The van der Waals surface area contributed by atoms with Gasteiger partial charge in [-0.05, 0) is 62.3 Å². The van der Waals surface area contributed by atoms with Crippen LogP contribution < -0.4 is 4.74 Å². The monoisotopic (exact) mass is 400 g/mol. The van der Waals surface area contributed by atoms with Crippen LogP contribution in [0.2, 0.25) is 0 Å². The summed E-state index contributed by atoms with van der Waals surface area (Å²) in [6.45, 7) is 2.70. The largest absolute Gasteiger partial charge is 0.487 e. The number of ether oxygens (including phenoxy) is 1. The van der Waals surface area contributed by atoms with Gasteiger partial charge < -0.3 is 14.7 Å². The predicted octanol–water partition coefficient (Wildman–Crippen LogP) is 4.05. The van der Waals surface area contributed by atoms with E-state index in [1.807, 2.05) is 54.6 Å². The number of aryl methyl sites for hydroxylation is 1. The minimum Gasteiger partial charge on any atom is -0.487 e. The molecule has 150 valence electrons. The van der Waals surface area contributed by atoms with E-state index in [2.05, 4.69) is 4.98 Å². The standard InChI is InChI=1S/C22H28N2O3S/c1-16-23-19(15-28-16)14-27-21-10-5-17(6-11-21)7-12-22(26)24(2)20-8-3-18(13-25)4-9-20/h5-7,10-12,15,18,20,25H,3-4,8-9,13-14H2,1-2H3/b12-7+. The molecule has 1 aliphatic rings. The first kappa shape index (κ1) is 20.6. The Labute approximate surface area is 170 Å². The third kappa shape index (κ3) is 5.66. The third-order valence-electron chi connectivity index (χ3n) is 5.32. The van der Waals surface area contributed by atoms with E-state index in [1.54, 1.807) is 17.4 Å². The van der Waals surface area contributed by atoms with Crippen LogP contribution in [-0.4, -0.2) is 40.6 Å². The number of aliphatic hydroxyl groups is 1. The van der Waals surface area contributed by atoms with Gasteiger partial charge in [-0.1, -0.05) is 12.1 Å². The number of carbonyl (C=O) groups excluding carboxylic acids is 1. The zero-order valence-corrected chi connectivity index (χ0v) is 17.3. The molecule has 1 aromatic heterocycles. The molecular weight excluding hydrogens is 372 g/mol. The minimum atomic E-state index is 0.0201. The first-order valence-electron chi connectivity index (χ1n) is 9.74. The van der Waals surface area contributed by atoms with Crippen molar-refractivity contribution >= 4 is 23.3 Å². The number of benzene rings is 1. The van der Waals surface area contributed by atoms with Crippen molar-refractivity contribution in [1.29, 1.82) is 0 Å². The fourth-order valence-corrected chi connectivity index (χ4v) is 4.08. The number of amides is 1. The average molecular weight is 401 g/mol. The second-order valence-corrected chi connectivity index (χ2v) is 8.42.